The Morgan fingerprint density at radius 2 is 1.57 bits per heavy atom. The van der Waals surface area contributed by atoms with Gasteiger partial charge in [-0.1, -0.05) is 79.1 Å². The molecule has 4 rings (SSSR count). The van der Waals surface area contributed by atoms with Gasteiger partial charge in [-0.25, -0.2) is 0 Å². The second-order valence-corrected chi connectivity index (χ2v) is 14.6. The Hall–Kier alpha value is -3.01. The van der Waals surface area contributed by atoms with E-state index in [4.69, 9.17) is 4.74 Å². The maximum absolute atomic E-state index is 15.3. The lowest BCUT2D eigenvalue weighted by molar-refractivity contribution is -0.170. The van der Waals surface area contributed by atoms with Crippen LogP contribution >= 0.6 is 0 Å². The normalized spacial score (nSPS) is 28.0. The highest BCUT2D eigenvalue weighted by Gasteiger charge is 2.75. The van der Waals surface area contributed by atoms with Gasteiger partial charge in [0.05, 0.1) is 5.41 Å². The molecule has 0 unspecified atom stereocenters. The number of benzene rings is 1. The fourth-order valence-corrected chi connectivity index (χ4v) is 7.42. The van der Waals surface area contributed by atoms with Crippen LogP contribution in [0.1, 0.15) is 118 Å². The molecule has 1 aliphatic heterocycles. The maximum atomic E-state index is 15.3. The summed E-state index contributed by atoms with van der Waals surface area (Å²) in [7, 11) is 0. The maximum Gasteiger partial charge on any atom is 0.184 e. The van der Waals surface area contributed by atoms with Gasteiger partial charge in [0.15, 0.2) is 22.8 Å². The smallest absolute Gasteiger partial charge is 0.184 e. The van der Waals surface area contributed by atoms with Gasteiger partial charge in [0, 0.05) is 11.1 Å². The summed E-state index contributed by atoms with van der Waals surface area (Å²) in [6.45, 7) is 18.5. The third-order valence-electron chi connectivity index (χ3n) is 10.1. The summed E-state index contributed by atoms with van der Waals surface area (Å²) in [5.41, 5.74) is 0.408. The molecule has 42 heavy (non-hydrogen) atoms. The zero-order valence-corrected chi connectivity index (χ0v) is 27.3. The Kier molecular flexibility index (Phi) is 8.80. The van der Waals surface area contributed by atoms with Gasteiger partial charge in [-0.2, -0.15) is 0 Å². The van der Waals surface area contributed by atoms with Crippen LogP contribution in [-0.4, -0.2) is 23.0 Å². The van der Waals surface area contributed by atoms with E-state index in [0.29, 0.717) is 49.0 Å². The molecule has 2 bridgehead atoms. The fraction of sp³-hybridized carbons (Fsp3) is 0.553. The van der Waals surface area contributed by atoms with E-state index in [9.17, 15) is 4.79 Å². The molecule has 1 saturated carbocycles. The van der Waals surface area contributed by atoms with Gasteiger partial charge in [-0.3, -0.25) is 14.4 Å². The highest BCUT2D eigenvalue weighted by Crippen LogP contribution is 2.68. The first kappa shape index (κ1) is 31.9. The molecule has 0 radical (unpaired) electrons. The predicted octanol–water partition coefficient (Wildman–Crippen LogP) is 9.32. The molecule has 1 fully saturated rings. The van der Waals surface area contributed by atoms with Gasteiger partial charge in [0.1, 0.15) is 11.4 Å². The number of fused-ring (bicyclic) bond motifs is 3. The fourth-order valence-electron chi connectivity index (χ4n) is 7.42. The summed E-state index contributed by atoms with van der Waals surface area (Å²) in [5, 5.41) is 0. The lowest BCUT2D eigenvalue weighted by atomic mass is 9.39. The molecular formula is C38H50O4. The molecule has 226 valence electrons. The summed E-state index contributed by atoms with van der Waals surface area (Å²) in [6, 6.07) is 9.14. The van der Waals surface area contributed by atoms with Crippen LogP contribution in [0.4, 0.5) is 0 Å². The monoisotopic (exact) mass is 570 g/mol. The number of carbonyl (C=O) groups is 3. The third kappa shape index (κ3) is 5.31. The van der Waals surface area contributed by atoms with E-state index in [-0.39, 0.29) is 23.3 Å². The molecule has 1 heterocycles. The molecule has 4 heteroatoms. The minimum atomic E-state index is -1.59. The first-order chi connectivity index (χ1) is 19.6. The average Bonchev–Trinajstić information content (AvgIpc) is 2.91. The van der Waals surface area contributed by atoms with E-state index in [1.807, 2.05) is 32.0 Å². The van der Waals surface area contributed by atoms with Gasteiger partial charge >= 0.3 is 0 Å². The van der Waals surface area contributed by atoms with Crippen LogP contribution in [0.15, 0.2) is 76.6 Å². The standard InChI is InChI=1S/C38H50O4/c1-25(2)14-13-15-27(5)20-23-37-24-29(19-18-26(3)4)36(8,9)38(34(37)41,31(39)28-16-11-10-12-17-28)33-30(32(37)40)21-22-35(6,7)42-33/h10-12,14,16-18,20,29H,13,15,19,21-24H2,1-9H3/t29-,37+,38-/m1/s1. The lowest BCUT2D eigenvalue weighted by Gasteiger charge is -2.61. The third-order valence-corrected chi connectivity index (χ3v) is 10.1. The van der Waals surface area contributed by atoms with Crippen molar-refractivity contribution < 1.29 is 19.1 Å². The van der Waals surface area contributed by atoms with Gasteiger partial charge in [0.2, 0.25) is 0 Å². The summed E-state index contributed by atoms with van der Waals surface area (Å²) in [5.74, 6) is -0.387. The molecule has 1 aromatic carbocycles. The molecule has 3 aliphatic rings. The topological polar surface area (TPSA) is 60.4 Å². The molecule has 1 aromatic rings. The number of ether oxygens (including phenoxy) is 1. The van der Waals surface area contributed by atoms with Crippen LogP contribution in [0.2, 0.25) is 0 Å². The number of rotatable bonds is 9. The van der Waals surface area contributed by atoms with Crippen LogP contribution in [0.25, 0.3) is 0 Å². The average molecular weight is 571 g/mol. The predicted molar refractivity (Wildman–Crippen MR) is 170 cm³/mol. The first-order valence-corrected chi connectivity index (χ1v) is 15.6. The SMILES string of the molecule is CC(C)=CCCC(C)=CC[C@@]12C[C@@H](CC=C(C)C)C(C)(C)[C@@](C(=O)c3ccccc3)(C1=O)C1=C(CCC(C)(C)O1)C2=O. The quantitative estimate of drug-likeness (QED) is 0.169. The molecule has 2 aliphatic carbocycles. The Balaban J connectivity index is 2.00. The molecule has 0 spiro atoms. The van der Waals surface area contributed by atoms with E-state index in [2.05, 4.69) is 66.7 Å². The van der Waals surface area contributed by atoms with Crippen molar-refractivity contribution in [1.82, 2.24) is 0 Å². The number of ketones is 3. The molecule has 0 amide bonds. The lowest BCUT2D eigenvalue weighted by Crippen LogP contribution is -2.69. The summed E-state index contributed by atoms with van der Waals surface area (Å²) in [6.07, 6.45) is 10.9. The minimum Gasteiger partial charge on any atom is -0.490 e. The number of allylic oxidation sites excluding steroid dienone is 8. The molecular weight excluding hydrogens is 520 g/mol. The molecule has 0 N–H and O–H groups in total. The van der Waals surface area contributed by atoms with Crippen molar-refractivity contribution >= 4 is 17.3 Å². The van der Waals surface area contributed by atoms with Crippen molar-refractivity contribution in [3.05, 3.63) is 82.2 Å². The van der Waals surface area contributed by atoms with Crippen LogP contribution in [0.3, 0.4) is 0 Å². The van der Waals surface area contributed by atoms with Gasteiger partial charge < -0.3 is 4.74 Å². The zero-order valence-electron chi connectivity index (χ0n) is 27.3. The molecule has 4 nitrogen and oxygen atoms in total. The number of carbonyl (C=O) groups excluding carboxylic acids is 3. The zero-order chi connectivity index (χ0) is 31.1. The van der Waals surface area contributed by atoms with E-state index in [0.717, 1.165) is 18.4 Å². The highest BCUT2D eigenvalue weighted by molar-refractivity contribution is 6.30. The molecule has 0 aromatic heterocycles. The van der Waals surface area contributed by atoms with Crippen LogP contribution in [0.5, 0.6) is 0 Å². The number of hydrogen-bond donors (Lipinski definition) is 0. The van der Waals surface area contributed by atoms with Crippen LogP contribution in [0, 0.1) is 22.2 Å². The van der Waals surface area contributed by atoms with Crippen molar-refractivity contribution in [2.24, 2.45) is 22.2 Å². The largest absolute Gasteiger partial charge is 0.490 e. The summed E-state index contributed by atoms with van der Waals surface area (Å²) >= 11 is 0. The van der Waals surface area contributed by atoms with E-state index < -0.39 is 21.8 Å². The Morgan fingerprint density at radius 1 is 0.929 bits per heavy atom. The van der Waals surface area contributed by atoms with E-state index >= 15 is 9.59 Å². The van der Waals surface area contributed by atoms with Gasteiger partial charge in [0.25, 0.3) is 0 Å². The van der Waals surface area contributed by atoms with Crippen LogP contribution < -0.4 is 0 Å². The molecule has 3 atom stereocenters. The minimum absolute atomic E-state index is 0.0798. The van der Waals surface area contributed by atoms with E-state index in [1.54, 1.807) is 12.1 Å². The summed E-state index contributed by atoms with van der Waals surface area (Å²) < 4.78 is 6.69. The van der Waals surface area contributed by atoms with Crippen molar-refractivity contribution in [2.75, 3.05) is 0 Å². The Morgan fingerprint density at radius 3 is 2.19 bits per heavy atom. The second kappa shape index (κ2) is 11.6. The number of Topliss-reactive ketones (excluding diaryl/α,β-unsaturated/α-hetero) is 3. The van der Waals surface area contributed by atoms with Crippen molar-refractivity contribution in [1.29, 1.82) is 0 Å². The first-order valence-electron chi connectivity index (χ1n) is 15.6. The Bertz CT molecular complexity index is 1380. The van der Waals surface area contributed by atoms with Crippen molar-refractivity contribution in [3.8, 4) is 0 Å². The summed E-state index contributed by atoms with van der Waals surface area (Å²) in [4.78, 5) is 45.1. The Labute approximate surface area is 253 Å². The number of hydrogen-bond acceptors (Lipinski definition) is 4. The van der Waals surface area contributed by atoms with Crippen LogP contribution in [-0.2, 0) is 14.3 Å². The van der Waals surface area contributed by atoms with E-state index in [1.165, 1.54) is 11.1 Å². The van der Waals surface area contributed by atoms with Gasteiger partial charge in [-0.15, -0.1) is 0 Å². The second-order valence-electron chi connectivity index (χ2n) is 14.6. The molecule has 0 saturated heterocycles. The van der Waals surface area contributed by atoms with Crippen molar-refractivity contribution in [2.45, 2.75) is 113 Å². The van der Waals surface area contributed by atoms with Crippen molar-refractivity contribution in [3.63, 3.8) is 0 Å². The highest BCUT2D eigenvalue weighted by atomic mass is 16.5. The van der Waals surface area contributed by atoms with Gasteiger partial charge in [-0.05, 0) is 105 Å².